The smallest absolute Gasteiger partial charge is 0.325 e. The van der Waals surface area contributed by atoms with Gasteiger partial charge in [0.05, 0.1) is 0 Å². The van der Waals surface area contributed by atoms with Crippen molar-refractivity contribution in [2.75, 3.05) is 5.32 Å². The van der Waals surface area contributed by atoms with E-state index >= 15 is 0 Å². The number of halogens is 1. The van der Waals surface area contributed by atoms with E-state index in [0.717, 1.165) is 4.47 Å². The van der Waals surface area contributed by atoms with Gasteiger partial charge >= 0.3 is 5.69 Å². The Morgan fingerprint density at radius 1 is 1.33 bits per heavy atom. The third-order valence-corrected chi connectivity index (χ3v) is 2.75. The van der Waals surface area contributed by atoms with Crippen molar-refractivity contribution in [1.29, 1.82) is 0 Å². The monoisotopic (exact) mass is 307 g/mol. The maximum atomic E-state index is 11.7. The van der Waals surface area contributed by atoms with Gasteiger partial charge in [-0.15, -0.1) is 0 Å². The highest BCUT2D eigenvalue weighted by Gasteiger charge is 2.04. The number of hydrogen-bond acceptors (Lipinski definition) is 3. The fourth-order valence-electron chi connectivity index (χ4n) is 1.40. The van der Waals surface area contributed by atoms with Gasteiger partial charge in [0.25, 0.3) is 0 Å². The molecule has 1 aromatic heterocycles. The molecule has 92 valence electrons. The molecule has 6 heteroatoms. The topological polar surface area (TPSA) is 64.0 Å². The first-order chi connectivity index (χ1) is 8.65. The summed E-state index contributed by atoms with van der Waals surface area (Å²) < 4.78 is 2.18. The molecular weight excluding hydrogens is 298 g/mol. The summed E-state index contributed by atoms with van der Waals surface area (Å²) in [4.78, 5) is 26.6. The average Bonchev–Trinajstić information content (AvgIpc) is 2.35. The zero-order chi connectivity index (χ0) is 13.0. The predicted octanol–water partition coefficient (Wildman–Crippen LogP) is 1.64. The second-order valence-electron chi connectivity index (χ2n) is 3.59. The molecule has 0 fully saturated rings. The maximum Gasteiger partial charge on any atom is 0.347 e. The van der Waals surface area contributed by atoms with Crippen molar-refractivity contribution in [1.82, 2.24) is 9.55 Å². The summed E-state index contributed by atoms with van der Waals surface area (Å²) in [6.07, 6.45) is 2.92. The van der Waals surface area contributed by atoms with Crippen LogP contribution in [0.3, 0.4) is 0 Å². The number of carbonyl (C=O) groups is 1. The largest absolute Gasteiger partial charge is 0.347 e. The molecule has 2 aromatic rings. The first-order valence-electron chi connectivity index (χ1n) is 5.22. The Kier molecular flexibility index (Phi) is 3.88. The second kappa shape index (κ2) is 5.59. The highest BCUT2D eigenvalue weighted by molar-refractivity contribution is 9.10. The molecule has 0 saturated carbocycles. The molecule has 0 spiro atoms. The Hall–Kier alpha value is -1.95. The molecule has 0 unspecified atom stereocenters. The van der Waals surface area contributed by atoms with Crippen LogP contribution >= 0.6 is 15.9 Å². The lowest BCUT2D eigenvalue weighted by Crippen LogP contribution is -2.28. The number of hydrogen-bond donors (Lipinski definition) is 1. The minimum Gasteiger partial charge on any atom is -0.325 e. The van der Waals surface area contributed by atoms with Crippen LogP contribution in [0.4, 0.5) is 5.69 Å². The van der Waals surface area contributed by atoms with Gasteiger partial charge in [-0.25, -0.2) is 9.78 Å². The molecule has 2 rings (SSSR count). The Labute approximate surface area is 112 Å². The maximum absolute atomic E-state index is 11.7. The molecule has 1 aromatic carbocycles. The van der Waals surface area contributed by atoms with Gasteiger partial charge in [-0.2, -0.15) is 0 Å². The van der Waals surface area contributed by atoms with Gasteiger partial charge in [0.15, 0.2) is 0 Å². The van der Waals surface area contributed by atoms with Crippen molar-refractivity contribution in [3.8, 4) is 0 Å². The predicted molar refractivity (Wildman–Crippen MR) is 71.3 cm³/mol. The zero-order valence-electron chi connectivity index (χ0n) is 9.34. The molecule has 0 atom stereocenters. The summed E-state index contributed by atoms with van der Waals surface area (Å²) in [5, 5.41) is 2.70. The van der Waals surface area contributed by atoms with Crippen LogP contribution in [0.1, 0.15) is 0 Å². The molecule has 18 heavy (non-hydrogen) atoms. The summed E-state index contributed by atoms with van der Waals surface area (Å²) in [6, 6.07) is 8.80. The summed E-state index contributed by atoms with van der Waals surface area (Å²) in [5.74, 6) is -0.271. The van der Waals surface area contributed by atoms with Crippen molar-refractivity contribution < 1.29 is 4.79 Å². The number of aromatic nitrogens is 2. The average molecular weight is 308 g/mol. The van der Waals surface area contributed by atoms with E-state index in [1.165, 1.54) is 17.0 Å². The lowest BCUT2D eigenvalue weighted by Gasteiger charge is -2.06. The van der Waals surface area contributed by atoms with E-state index in [0.29, 0.717) is 5.69 Å². The summed E-state index contributed by atoms with van der Waals surface area (Å²) in [6.45, 7) is -0.0528. The van der Waals surface area contributed by atoms with Gasteiger partial charge in [0.2, 0.25) is 5.91 Å². The lowest BCUT2D eigenvalue weighted by molar-refractivity contribution is -0.116. The van der Waals surface area contributed by atoms with Crippen LogP contribution in [0.5, 0.6) is 0 Å². The molecule has 1 heterocycles. The van der Waals surface area contributed by atoms with Crippen LogP contribution in [0.15, 0.2) is 52.0 Å². The standard InChI is InChI=1S/C12H10BrN3O2/c13-9-2-4-10(5-3-9)15-11(17)8-16-7-1-6-14-12(16)18/h1-7H,8H2,(H,15,17). The van der Waals surface area contributed by atoms with Crippen LogP contribution in [-0.4, -0.2) is 15.5 Å². The van der Waals surface area contributed by atoms with Crippen molar-refractivity contribution >= 4 is 27.5 Å². The fourth-order valence-corrected chi connectivity index (χ4v) is 1.66. The molecule has 0 bridgehead atoms. The number of nitrogens with zero attached hydrogens (tertiary/aromatic N) is 2. The number of rotatable bonds is 3. The Balaban J connectivity index is 2.03. The van der Waals surface area contributed by atoms with Crippen LogP contribution in [-0.2, 0) is 11.3 Å². The van der Waals surface area contributed by atoms with Gasteiger partial charge in [-0.1, -0.05) is 15.9 Å². The number of carbonyl (C=O) groups excluding carboxylic acids is 1. The van der Waals surface area contributed by atoms with Gasteiger partial charge in [-0.05, 0) is 30.3 Å². The Morgan fingerprint density at radius 3 is 2.72 bits per heavy atom. The third kappa shape index (κ3) is 3.27. The van der Waals surface area contributed by atoms with E-state index in [1.54, 1.807) is 18.2 Å². The third-order valence-electron chi connectivity index (χ3n) is 2.22. The van der Waals surface area contributed by atoms with Crippen molar-refractivity contribution in [2.45, 2.75) is 6.54 Å². The summed E-state index contributed by atoms with van der Waals surface area (Å²) >= 11 is 3.31. The highest BCUT2D eigenvalue weighted by Crippen LogP contribution is 2.13. The molecule has 1 amide bonds. The van der Waals surface area contributed by atoms with Crippen molar-refractivity contribution in [3.05, 3.63) is 57.7 Å². The molecule has 0 aliphatic carbocycles. The summed E-state index contributed by atoms with van der Waals surface area (Å²) in [7, 11) is 0. The quantitative estimate of drug-likeness (QED) is 0.937. The molecule has 1 N–H and O–H groups in total. The first-order valence-corrected chi connectivity index (χ1v) is 6.01. The minimum atomic E-state index is -0.441. The zero-order valence-corrected chi connectivity index (χ0v) is 10.9. The highest BCUT2D eigenvalue weighted by atomic mass is 79.9. The first kappa shape index (κ1) is 12.5. The molecule has 5 nitrogen and oxygen atoms in total. The lowest BCUT2D eigenvalue weighted by atomic mass is 10.3. The Morgan fingerprint density at radius 2 is 2.06 bits per heavy atom. The van der Waals surface area contributed by atoms with Gasteiger partial charge in [-0.3, -0.25) is 9.36 Å². The summed E-state index contributed by atoms with van der Waals surface area (Å²) in [5.41, 5.74) is 0.239. The van der Waals surface area contributed by atoms with E-state index < -0.39 is 5.69 Å². The van der Waals surface area contributed by atoms with Crippen molar-refractivity contribution in [3.63, 3.8) is 0 Å². The van der Waals surface area contributed by atoms with E-state index in [2.05, 4.69) is 26.2 Å². The van der Waals surface area contributed by atoms with Gasteiger partial charge in [0, 0.05) is 22.6 Å². The molecular formula is C12H10BrN3O2. The molecule has 0 aliphatic rings. The normalized spacial score (nSPS) is 10.1. The van der Waals surface area contributed by atoms with E-state index in [9.17, 15) is 9.59 Å². The fraction of sp³-hybridized carbons (Fsp3) is 0.0833. The van der Waals surface area contributed by atoms with Crippen LogP contribution in [0.25, 0.3) is 0 Å². The molecule has 0 saturated heterocycles. The van der Waals surface area contributed by atoms with Gasteiger partial charge < -0.3 is 5.32 Å². The minimum absolute atomic E-state index is 0.0528. The Bertz CT molecular complexity index is 607. The molecule has 0 aliphatic heterocycles. The van der Waals surface area contributed by atoms with E-state index in [1.807, 2.05) is 12.1 Å². The number of nitrogens with one attached hydrogen (secondary N) is 1. The second-order valence-corrected chi connectivity index (χ2v) is 4.50. The van der Waals surface area contributed by atoms with E-state index in [-0.39, 0.29) is 12.5 Å². The number of benzene rings is 1. The van der Waals surface area contributed by atoms with Crippen LogP contribution < -0.4 is 11.0 Å². The number of amides is 1. The van der Waals surface area contributed by atoms with Crippen molar-refractivity contribution in [2.24, 2.45) is 0 Å². The van der Waals surface area contributed by atoms with Gasteiger partial charge in [0.1, 0.15) is 6.54 Å². The SMILES string of the molecule is O=C(Cn1cccnc1=O)Nc1ccc(Br)cc1. The molecule has 0 radical (unpaired) electrons. The van der Waals surface area contributed by atoms with E-state index in [4.69, 9.17) is 0 Å². The number of anilines is 1. The van der Waals surface area contributed by atoms with Crippen LogP contribution in [0.2, 0.25) is 0 Å². The van der Waals surface area contributed by atoms with Crippen LogP contribution in [0, 0.1) is 0 Å².